The van der Waals surface area contributed by atoms with Crippen molar-refractivity contribution < 1.29 is 4.92 Å². The number of hydrogen-bond acceptors (Lipinski definition) is 5. The molecule has 0 saturated carbocycles. The lowest BCUT2D eigenvalue weighted by atomic mass is 10.8. The molecule has 0 N–H and O–H groups in total. The maximum atomic E-state index is 10.3. The van der Waals surface area contributed by atoms with Crippen LogP contribution in [0.25, 0.3) is 0 Å². The van der Waals surface area contributed by atoms with Gasteiger partial charge in [-0.05, 0) is 11.3 Å². The average molecular weight is 275 g/mol. The molecule has 1 aromatic rings. The van der Waals surface area contributed by atoms with Crippen LogP contribution in [0.3, 0.4) is 0 Å². The number of hydrogen-bond donors (Lipinski definition) is 0. The summed E-state index contributed by atoms with van der Waals surface area (Å²) < 4.78 is -1.62. The zero-order valence-electron chi connectivity index (χ0n) is 6.35. The molecule has 0 spiro atoms. The Morgan fingerprint density at radius 2 is 2.29 bits per heavy atom. The van der Waals surface area contributed by atoms with Crippen LogP contribution in [0.5, 0.6) is 0 Å². The molecule has 14 heavy (non-hydrogen) atoms. The van der Waals surface area contributed by atoms with Gasteiger partial charge in [0.15, 0.2) is 0 Å². The van der Waals surface area contributed by atoms with Gasteiger partial charge >= 0.3 is 5.00 Å². The topological polar surface area (TPSA) is 68.4 Å². The highest BCUT2D eigenvalue weighted by molar-refractivity contribution is 7.18. The van der Waals surface area contributed by atoms with Gasteiger partial charge in [-0.15, -0.1) is 0 Å². The standard InChI is InChI=1S/C5H2Cl3N3O2S/c6-5(7,8)2-10-4-9-1-3(14-4)11(12)13/h1-2H/b10-2+. The average Bonchev–Trinajstić information content (AvgIpc) is 2.47. The summed E-state index contributed by atoms with van der Waals surface area (Å²) >= 11 is 16.9. The zero-order valence-corrected chi connectivity index (χ0v) is 9.44. The van der Waals surface area contributed by atoms with E-state index in [0.29, 0.717) is 0 Å². The molecule has 5 nitrogen and oxygen atoms in total. The number of aliphatic imine (C=N–C) groups is 1. The Kier molecular flexibility index (Phi) is 3.65. The van der Waals surface area contributed by atoms with Gasteiger partial charge in [0.25, 0.3) is 0 Å². The fourth-order valence-electron chi connectivity index (χ4n) is 0.529. The molecule has 9 heteroatoms. The maximum absolute atomic E-state index is 10.3. The lowest BCUT2D eigenvalue weighted by Gasteiger charge is -1.99. The Balaban J connectivity index is 2.79. The summed E-state index contributed by atoms with van der Waals surface area (Å²) in [6.45, 7) is 0. The fourth-order valence-corrected chi connectivity index (χ4v) is 1.25. The minimum atomic E-state index is -1.62. The number of halogens is 3. The van der Waals surface area contributed by atoms with Gasteiger partial charge in [0, 0.05) is 0 Å². The number of alkyl halides is 3. The van der Waals surface area contributed by atoms with E-state index in [2.05, 4.69) is 9.98 Å². The zero-order chi connectivity index (χ0) is 10.8. The lowest BCUT2D eigenvalue weighted by molar-refractivity contribution is -0.380. The van der Waals surface area contributed by atoms with E-state index in [4.69, 9.17) is 34.8 Å². The molecule has 0 aliphatic heterocycles. The van der Waals surface area contributed by atoms with Gasteiger partial charge in [0.2, 0.25) is 8.92 Å². The second-order valence-electron chi connectivity index (χ2n) is 2.04. The van der Waals surface area contributed by atoms with Crippen LogP contribution in [0.1, 0.15) is 0 Å². The fraction of sp³-hybridized carbons (Fsp3) is 0.200. The molecule has 0 radical (unpaired) electrons. The molecule has 0 unspecified atom stereocenters. The van der Waals surface area contributed by atoms with Crippen molar-refractivity contribution in [3.63, 3.8) is 0 Å². The molecule has 0 fully saturated rings. The van der Waals surface area contributed by atoms with E-state index in [1.54, 1.807) is 0 Å². The second kappa shape index (κ2) is 4.39. The monoisotopic (exact) mass is 273 g/mol. The summed E-state index contributed by atoms with van der Waals surface area (Å²) in [6.07, 6.45) is 2.12. The largest absolute Gasteiger partial charge is 0.345 e. The van der Waals surface area contributed by atoms with E-state index >= 15 is 0 Å². The van der Waals surface area contributed by atoms with E-state index in [-0.39, 0.29) is 10.1 Å². The first kappa shape index (κ1) is 11.6. The van der Waals surface area contributed by atoms with E-state index in [1.807, 2.05) is 0 Å². The molecule has 1 heterocycles. The molecule has 76 valence electrons. The summed E-state index contributed by atoms with van der Waals surface area (Å²) in [6, 6.07) is 0. The Hall–Kier alpha value is -0.430. The molecule has 0 saturated heterocycles. The van der Waals surface area contributed by atoms with Gasteiger partial charge < -0.3 is 0 Å². The second-order valence-corrected chi connectivity index (χ2v) is 5.39. The molecular formula is C5H2Cl3N3O2S. The van der Waals surface area contributed by atoms with Crippen molar-refractivity contribution in [1.29, 1.82) is 0 Å². The van der Waals surface area contributed by atoms with E-state index in [9.17, 15) is 10.1 Å². The van der Waals surface area contributed by atoms with Crippen LogP contribution in [0.4, 0.5) is 10.1 Å². The van der Waals surface area contributed by atoms with Gasteiger partial charge in [0.1, 0.15) is 6.20 Å². The number of nitro groups is 1. The minimum absolute atomic E-state index is 0.110. The highest BCUT2D eigenvalue weighted by atomic mass is 35.6. The summed E-state index contributed by atoms with van der Waals surface area (Å²) in [5.41, 5.74) is 0. The van der Waals surface area contributed by atoms with Gasteiger partial charge in [0.05, 0.1) is 11.1 Å². The first-order chi connectivity index (χ1) is 6.38. The van der Waals surface area contributed by atoms with Crippen molar-refractivity contribution in [3.8, 4) is 0 Å². The quantitative estimate of drug-likeness (QED) is 0.360. The van der Waals surface area contributed by atoms with E-state index in [0.717, 1.165) is 23.7 Å². The van der Waals surface area contributed by atoms with Gasteiger partial charge in [-0.3, -0.25) is 10.1 Å². The summed E-state index contributed by atoms with van der Waals surface area (Å²) in [5, 5.41) is 10.3. The SMILES string of the molecule is O=[N+]([O-])c1cnc(/N=C/C(Cl)(Cl)Cl)s1. The molecule has 0 aromatic carbocycles. The molecule has 0 amide bonds. The van der Waals surface area contributed by atoms with Crippen LogP contribution in [-0.4, -0.2) is 19.9 Å². The van der Waals surface area contributed by atoms with Gasteiger partial charge in [-0.25, -0.2) is 9.98 Å². The number of thiazole rings is 1. The van der Waals surface area contributed by atoms with Crippen molar-refractivity contribution in [2.24, 2.45) is 4.99 Å². The van der Waals surface area contributed by atoms with Crippen molar-refractivity contribution >= 4 is 62.5 Å². The number of nitrogens with zero attached hydrogens (tertiary/aromatic N) is 3. The van der Waals surface area contributed by atoms with Crippen LogP contribution >= 0.6 is 46.1 Å². The highest BCUT2D eigenvalue weighted by Crippen LogP contribution is 2.29. The molecule has 1 rings (SSSR count). The number of aromatic nitrogens is 1. The Labute approximate surface area is 97.5 Å². The Morgan fingerprint density at radius 3 is 2.71 bits per heavy atom. The predicted molar refractivity (Wildman–Crippen MR) is 57.2 cm³/mol. The molecule has 0 bridgehead atoms. The van der Waals surface area contributed by atoms with Crippen molar-refractivity contribution in [2.75, 3.05) is 0 Å². The number of rotatable bonds is 2. The Morgan fingerprint density at radius 1 is 1.64 bits per heavy atom. The van der Waals surface area contributed by atoms with E-state index < -0.39 is 8.72 Å². The molecule has 1 aromatic heterocycles. The minimum Gasteiger partial charge on any atom is -0.257 e. The first-order valence-electron chi connectivity index (χ1n) is 3.10. The third kappa shape index (κ3) is 3.75. The predicted octanol–water partition coefficient (Wildman–Crippen LogP) is 3.12. The lowest BCUT2D eigenvalue weighted by Crippen LogP contribution is -2.01. The molecule has 0 aliphatic rings. The third-order valence-corrected chi connectivity index (χ3v) is 2.13. The Bertz CT molecular complexity index is 373. The molecule has 0 aliphatic carbocycles. The highest BCUT2D eigenvalue weighted by Gasteiger charge is 2.16. The van der Waals surface area contributed by atoms with Crippen molar-refractivity contribution in [1.82, 2.24) is 4.98 Å². The summed E-state index contributed by atoms with van der Waals surface area (Å²) in [4.78, 5) is 17.0. The smallest absolute Gasteiger partial charge is 0.257 e. The van der Waals surface area contributed by atoms with Crippen LogP contribution in [-0.2, 0) is 0 Å². The first-order valence-corrected chi connectivity index (χ1v) is 5.06. The summed E-state index contributed by atoms with van der Waals surface area (Å²) in [7, 11) is 0. The van der Waals surface area contributed by atoms with Crippen LogP contribution in [0, 0.1) is 10.1 Å². The van der Waals surface area contributed by atoms with Crippen LogP contribution in [0.15, 0.2) is 11.2 Å². The maximum Gasteiger partial charge on any atom is 0.345 e. The van der Waals surface area contributed by atoms with Crippen LogP contribution < -0.4 is 0 Å². The van der Waals surface area contributed by atoms with Gasteiger partial charge in [-0.2, -0.15) is 0 Å². The molecule has 0 atom stereocenters. The third-order valence-electron chi connectivity index (χ3n) is 0.983. The molecular weight excluding hydrogens is 272 g/mol. The van der Waals surface area contributed by atoms with Crippen molar-refractivity contribution in [3.05, 3.63) is 16.3 Å². The van der Waals surface area contributed by atoms with Crippen LogP contribution in [0.2, 0.25) is 0 Å². The van der Waals surface area contributed by atoms with Crippen molar-refractivity contribution in [2.45, 2.75) is 3.79 Å². The normalized spacial score (nSPS) is 12.2. The summed E-state index contributed by atoms with van der Waals surface area (Å²) in [5.74, 6) is 0. The van der Waals surface area contributed by atoms with Gasteiger partial charge in [-0.1, -0.05) is 34.8 Å². The van der Waals surface area contributed by atoms with E-state index in [1.165, 1.54) is 0 Å².